The van der Waals surface area contributed by atoms with Gasteiger partial charge in [-0.3, -0.25) is 15.0 Å². The van der Waals surface area contributed by atoms with Crippen LogP contribution in [-0.4, -0.2) is 55.8 Å². The van der Waals surface area contributed by atoms with Gasteiger partial charge in [-0.15, -0.1) is 0 Å². The fourth-order valence-electron chi connectivity index (χ4n) is 3.60. The third-order valence-electron chi connectivity index (χ3n) is 5.23. The van der Waals surface area contributed by atoms with Gasteiger partial charge in [0.2, 0.25) is 0 Å². The maximum Gasteiger partial charge on any atom is 0.405 e. The molecular formula is C21H26N4O5. The lowest BCUT2D eigenvalue weighted by Crippen LogP contribution is -2.46. The Morgan fingerprint density at radius 1 is 1.17 bits per heavy atom. The van der Waals surface area contributed by atoms with Crippen molar-refractivity contribution >= 4 is 17.5 Å². The molecule has 1 amide bonds. The number of carbonyl (C=O) groups excluding carboxylic acids is 1. The zero-order valence-corrected chi connectivity index (χ0v) is 16.9. The van der Waals surface area contributed by atoms with Crippen LogP contribution in [-0.2, 0) is 4.74 Å². The molecule has 0 saturated carbocycles. The molecule has 1 unspecified atom stereocenters. The molecule has 1 aliphatic heterocycles. The molecule has 0 spiro atoms. The number of hydrogen-bond acceptors (Lipinski definition) is 7. The lowest BCUT2D eigenvalue weighted by atomic mass is 10.1. The summed E-state index contributed by atoms with van der Waals surface area (Å²) in [6.07, 6.45) is -1.01. The van der Waals surface area contributed by atoms with Crippen LogP contribution in [0, 0.1) is 10.1 Å². The first-order valence-electron chi connectivity index (χ1n) is 9.78. The Kier molecular flexibility index (Phi) is 7.08. The lowest BCUT2D eigenvalue weighted by Gasteiger charge is -2.36. The van der Waals surface area contributed by atoms with Crippen LogP contribution in [0.3, 0.4) is 0 Å². The SMILES string of the molecule is COc1ccc(N2CCN(CCC(OC(N)=O)c3cccc([N+](=O)[O-])c3)CC2)cc1. The first-order chi connectivity index (χ1) is 14.5. The van der Waals surface area contributed by atoms with Gasteiger partial charge in [0.15, 0.2) is 0 Å². The topological polar surface area (TPSA) is 111 Å². The zero-order chi connectivity index (χ0) is 21.5. The molecule has 2 N–H and O–H groups in total. The van der Waals surface area contributed by atoms with Crippen LogP contribution >= 0.6 is 0 Å². The molecule has 1 fully saturated rings. The Morgan fingerprint density at radius 2 is 1.87 bits per heavy atom. The molecule has 0 aliphatic carbocycles. The third kappa shape index (κ3) is 5.60. The van der Waals surface area contributed by atoms with Gasteiger partial charge >= 0.3 is 6.09 Å². The fourth-order valence-corrected chi connectivity index (χ4v) is 3.60. The smallest absolute Gasteiger partial charge is 0.405 e. The van der Waals surface area contributed by atoms with Gasteiger partial charge in [-0.2, -0.15) is 0 Å². The number of nitro groups is 1. The standard InChI is InChI=1S/C21H26N4O5/c1-29-19-7-5-17(6-8-19)24-13-11-23(12-14-24)10-9-20(30-21(22)26)16-3-2-4-18(15-16)25(27)28/h2-8,15,20H,9-14H2,1H3,(H2,22,26). The molecule has 0 aromatic heterocycles. The predicted molar refractivity (Wildman–Crippen MR) is 113 cm³/mol. The van der Waals surface area contributed by atoms with E-state index in [4.69, 9.17) is 15.2 Å². The van der Waals surface area contributed by atoms with Gasteiger partial charge < -0.3 is 20.1 Å². The number of nitro benzene ring substituents is 1. The second kappa shape index (κ2) is 9.93. The van der Waals surface area contributed by atoms with Gasteiger partial charge in [0, 0.05) is 57.0 Å². The van der Waals surface area contributed by atoms with Gasteiger partial charge in [-0.25, -0.2) is 4.79 Å². The number of nitrogens with two attached hydrogens (primary N) is 1. The highest BCUT2D eigenvalue weighted by Gasteiger charge is 2.22. The summed E-state index contributed by atoms with van der Waals surface area (Å²) in [5, 5.41) is 11.0. The normalized spacial score (nSPS) is 15.4. The van der Waals surface area contributed by atoms with E-state index in [0.717, 1.165) is 37.6 Å². The van der Waals surface area contributed by atoms with Crippen molar-refractivity contribution in [3.8, 4) is 5.75 Å². The Hall–Kier alpha value is -3.33. The van der Waals surface area contributed by atoms with E-state index in [0.29, 0.717) is 18.5 Å². The summed E-state index contributed by atoms with van der Waals surface area (Å²) in [5.74, 6) is 0.832. The first kappa shape index (κ1) is 21.4. The van der Waals surface area contributed by atoms with Crippen molar-refractivity contribution in [2.45, 2.75) is 12.5 Å². The van der Waals surface area contributed by atoms with Crippen molar-refractivity contribution in [3.63, 3.8) is 0 Å². The van der Waals surface area contributed by atoms with Crippen LogP contribution in [0.4, 0.5) is 16.2 Å². The van der Waals surface area contributed by atoms with Crippen LogP contribution in [0.2, 0.25) is 0 Å². The molecule has 30 heavy (non-hydrogen) atoms. The molecule has 1 heterocycles. The molecule has 3 rings (SSSR count). The van der Waals surface area contributed by atoms with Crippen molar-refractivity contribution in [1.82, 2.24) is 4.90 Å². The number of benzene rings is 2. The monoisotopic (exact) mass is 414 g/mol. The van der Waals surface area contributed by atoms with Gasteiger partial charge in [0.05, 0.1) is 12.0 Å². The number of anilines is 1. The average Bonchev–Trinajstić information content (AvgIpc) is 2.77. The van der Waals surface area contributed by atoms with Crippen molar-refractivity contribution in [2.75, 3.05) is 44.7 Å². The molecule has 2 aromatic rings. The summed E-state index contributed by atoms with van der Waals surface area (Å²) < 4.78 is 10.4. The number of piperazine rings is 1. The highest BCUT2D eigenvalue weighted by Crippen LogP contribution is 2.26. The number of carbonyl (C=O) groups is 1. The van der Waals surface area contributed by atoms with E-state index in [1.165, 1.54) is 12.1 Å². The molecule has 0 radical (unpaired) electrons. The summed E-state index contributed by atoms with van der Waals surface area (Å²) in [7, 11) is 1.65. The maximum atomic E-state index is 11.3. The summed E-state index contributed by atoms with van der Waals surface area (Å²) >= 11 is 0. The minimum atomic E-state index is -0.893. The third-order valence-corrected chi connectivity index (χ3v) is 5.23. The van der Waals surface area contributed by atoms with Crippen molar-refractivity contribution in [2.24, 2.45) is 5.73 Å². The van der Waals surface area contributed by atoms with Gasteiger partial charge in [0.25, 0.3) is 5.69 Å². The molecule has 9 heteroatoms. The number of amides is 1. The quantitative estimate of drug-likeness (QED) is 0.522. The number of nitrogens with zero attached hydrogens (tertiary/aromatic N) is 3. The summed E-state index contributed by atoms with van der Waals surface area (Å²) in [4.78, 5) is 26.5. The predicted octanol–water partition coefficient (Wildman–Crippen LogP) is 2.95. The van der Waals surface area contributed by atoms with Gasteiger partial charge in [-0.1, -0.05) is 12.1 Å². The number of rotatable bonds is 8. The van der Waals surface area contributed by atoms with Crippen molar-refractivity contribution in [1.29, 1.82) is 0 Å². The van der Waals surface area contributed by atoms with E-state index in [2.05, 4.69) is 9.80 Å². The van der Waals surface area contributed by atoms with E-state index >= 15 is 0 Å². The molecule has 1 atom stereocenters. The van der Waals surface area contributed by atoms with Crippen LogP contribution in [0.25, 0.3) is 0 Å². The van der Waals surface area contributed by atoms with Crippen molar-refractivity contribution in [3.05, 3.63) is 64.2 Å². The first-order valence-corrected chi connectivity index (χ1v) is 9.78. The number of ether oxygens (including phenoxy) is 2. The summed E-state index contributed by atoms with van der Waals surface area (Å²) in [6.45, 7) is 4.18. The number of non-ortho nitro benzene ring substituents is 1. The van der Waals surface area contributed by atoms with Gasteiger partial charge in [0.1, 0.15) is 11.9 Å². The fraction of sp³-hybridized carbons (Fsp3) is 0.381. The highest BCUT2D eigenvalue weighted by atomic mass is 16.6. The number of hydrogen-bond donors (Lipinski definition) is 1. The molecule has 1 saturated heterocycles. The van der Waals surface area contributed by atoms with Crippen LogP contribution in [0.5, 0.6) is 5.75 Å². The molecule has 2 aromatic carbocycles. The minimum absolute atomic E-state index is 0.0429. The van der Waals surface area contributed by atoms with E-state index in [1.54, 1.807) is 19.2 Å². The van der Waals surface area contributed by atoms with E-state index in [9.17, 15) is 14.9 Å². The zero-order valence-electron chi connectivity index (χ0n) is 16.9. The van der Waals surface area contributed by atoms with Gasteiger partial charge in [-0.05, 0) is 29.8 Å². The Morgan fingerprint density at radius 3 is 2.47 bits per heavy atom. The molecule has 160 valence electrons. The minimum Gasteiger partial charge on any atom is -0.497 e. The van der Waals surface area contributed by atoms with Crippen LogP contribution in [0.15, 0.2) is 48.5 Å². The highest BCUT2D eigenvalue weighted by molar-refractivity contribution is 5.65. The van der Waals surface area contributed by atoms with E-state index in [-0.39, 0.29) is 5.69 Å². The van der Waals surface area contributed by atoms with E-state index < -0.39 is 17.1 Å². The summed E-state index contributed by atoms with van der Waals surface area (Å²) in [6, 6.07) is 14.1. The Balaban J connectivity index is 1.56. The number of primary amides is 1. The maximum absolute atomic E-state index is 11.3. The summed E-state index contributed by atoms with van der Waals surface area (Å²) in [5.41, 5.74) is 6.90. The second-order valence-corrected chi connectivity index (χ2v) is 7.09. The Bertz CT molecular complexity index is 866. The van der Waals surface area contributed by atoms with Crippen LogP contribution < -0.4 is 15.4 Å². The van der Waals surface area contributed by atoms with E-state index in [1.807, 2.05) is 24.3 Å². The molecule has 9 nitrogen and oxygen atoms in total. The molecule has 1 aliphatic rings. The average molecular weight is 414 g/mol. The van der Waals surface area contributed by atoms with Crippen LogP contribution in [0.1, 0.15) is 18.1 Å². The second-order valence-electron chi connectivity index (χ2n) is 7.09. The lowest BCUT2D eigenvalue weighted by molar-refractivity contribution is -0.385. The van der Waals surface area contributed by atoms with Crippen molar-refractivity contribution < 1.29 is 19.2 Å². The Labute approximate surface area is 175 Å². The molecule has 0 bridgehead atoms. The largest absolute Gasteiger partial charge is 0.497 e. The number of methoxy groups -OCH3 is 1. The molecular weight excluding hydrogens is 388 g/mol.